The van der Waals surface area contributed by atoms with E-state index in [2.05, 4.69) is 31.0 Å². The lowest BCUT2D eigenvalue weighted by molar-refractivity contribution is 0.622. The Kier molecular flexibility index (Phi) is 3.59. The summed E-state index contributed by atoms with van der Waals surface area (Å²) in [7, 11) is 0. The first-order chi connectivity index (χ1) is 9.99. The van der Waals surface area contributed by atoms with E-state index in [1.54, 1.807) is 6.07 Å². The summed E-state index contributed by atoms with van der Waals surface area (Å²) in [5.41, 5.74) is 3.80. The summed E-state index contributed by atoms with van der Waals surface area (Å²) in [4.78, 5) is 3.09. The number of benzene rings is 2. The summed E-state index contributed by atoms with van der Waals surface area (Å²) >= 11 is 11.2. The Morgan fingerprint density at radius 2 is 2.00 bits per heavy atom. The van der Waals surface area contributed by atoms with Crippen LogP contribution in [0.25, 0.3) is 11.0 Å². The van der Waals surface area contributed by atoms with Crippen molar-refractivity contribution in [1.29, 1.82) is 0 Å². The van der Waals surface area contributed by atoms with Crippen LogP contribution in [0.3, 0.4) is 0 Å². The molecular weight excluding hydrogens is 307 g/mol. The average molecular weight is 321 g/mol. The molecule has 2 aromatic carbocycles. The number of halogens is 2. The van der Waals surface area contributed by atoms with Crippen molar-refractivity contribution in [3.05, 3.63) is 63.1 Å². The summed E-state index contributed by atoms with van der Waals surface area (Å²) in [6.45, 7) is 4.11. The Balaban J connectivity index is 2.25. The van der Waals surface area contributed by atoms with Gasteiger partial charge in [0, 0.05) is 6.07 Å². The largest absolute Gasteiger partial charge is 0.331 e. The van der Waals surface area contributed by atoms with E-state index in [9.17, 15) is 4.39 Å². The van der Waals surface area contributed by atoms with Crippen molar-refractivity contribution >= 4 is 34.9 Å². The molecule has 5 heteroatoms. The normalized spacial score (nSPS) is 12.8. The minimum Gasteiger partial charge on any atom is -0.331 e. The van der Waals surface area contributed by atoms with Crippen molar-refractivity contribution in [2.75, 3.05) is 0 Å². The topological polar surface area (TPSA) is 20.7 Å². The van der Waals surface area contributed by atoms with Crippen LogP contribution in [-0.4, -0.2) is 9.55 Å². The lowest BCUT2D eigenvalue weighted by Gasteiger charge is -2.17. The van der Waals surface area contributed by atoms with Crippen LogP contribution in [0.15, 0.2) is 36.4 Å². The van der Waals surface area contributed by atoms with E-state index in [0.29, 0.717) is 4.77 Å². The monoisotopic (exact) mass is 320 g/mol. The molecule has 0 saturated heterocycles. The third kappa shape index (κ3) is 2.39. The second-order valence-electron chi connectivity index (χ2n) is 5.12. The number of rotatable bonds is 2. The number of aromatic amines is 1. The molecule has 0 aliphatic heterocycles. The first kappa shape index (κ1) is 14.3. The van der Waals surface area contributed by atoms with Crippen LogP contribution < -0.4 is 0 Å². The second-order valence-corrected chi connectivity index (χ2v) is 5.91. The lowest BCUT2D eigenvalue weighted by atomic mass is 10.0. The zero-order valence-electron chi connectivity index (χ0n) is 11.7. The van der Waals surface area contributed by atoms with E-state index in [0.717, 1.165) is 16.6 Å². The van der Waals surface area contributed by atoms with Gasteiger partial charge in [-0.05, 0) is 43.3 Å². The van der Waals surface area contributed by atoms with Crippen LogP contribution in [0, 0.1) is 17.5 Å². The summed E-state index contributed by atoms with van der Waals surface area (Å²) < 4.78 is 16.3. The minimum atomic E-state index is -0.441. The Morgan fingerprint density at radius 1 is 1.29 bits per heavy atom. The lowest BCUT2D eigenvalue weighted by Crippen LogP contribution is -2.08. The molecule has 0 aliphatic carbocycles. The number of aryl methyl sites for hydroxylation is 1. The van der Waals surface area contributed by atoms with Gasteiger partial charge < -0.3 is 9.55 Å². The predicted molar refractivity (Wildman–Crippen MR) is 87.1 cm³/mol. The standard InChI is InChI=1S/C16H14ClFN2S/c1-9-5-3-4-6-11(9)10(2)20-15-8-13(18)12(17)7-14(15)19-16(20)21/h3-8,10H,1-2H3,(H,19,21). The van der Waals surface area contributed by atoms with Gasteiger partial charge in [0.1, 0.15) is 5.82 Å². The smallest absolute Gasteiger partial charge is 0.178 e. The number of hydrogen-bond acceptors (Lipinski definition) is 1. The number of nitrogens with zero attached hydrogens (tertiary/aromatic N) is 1. The van der Waals surface area contributed by atoms with Gasteiger partial charge in [-0.1, -0.05) is 35.9 Å². The first-order valence-corrected chi connectivity index (χ1v) is 7.42. The Morgan fingerprint density at radius 3 is 2.71 bits per heavy atom. The molecular formula is C16H14ClFN2S. The number of imidazole rings is 1. The maximum absolute atomic E-state index is 13.8. The van der Waals surface area contributed by atoms with Crippen molar-refractivity contribution < 1.29 is 4.39 Å². The molecule has 3 aromatic rings. The van der Waals surface area contributed by atoms with Crippen molar-refractivity contribution in [1.82, 2.24) is 9.55 Å². The Labute approximate surface area is 132 Å². The van der Waals surface area contributed by atoms with Gasteiger partial charge in [0.25, 0.3) is 0 Å². The van der Waals surface area contributed by atoms with Crippen molar-refractivity contribution in [2.45, 2.75) is 19.9 Å². The molecule has 3 rings (SSSR count). The molecule has 1 N–H and O–H groups in total. The van der Waals surface area contributed by atoms with Gasteiger partial charge >= 0.3 is 0 Å². The summed E-state index contributed by atoms with van der Waals surface area (Å²) in [5.74, 6) is -0.441. The quantitative estimate of drug-likeness (QED) is 0.626. The highest BCUT2D eigenvalue weighted by molar-refractivity contribution is 7.71. The molecule has 1 atom stereocenters. The van der Waals surface area contributed by atoms with Crippen LogP contribution >= 0.6 is 23.8 Å². The highest BCUT2D eigenvalue weighted by Gasteiger charge is 2.16. The van der Waals surface area contributed by atoms with Gasteiger partial charge in [0.2, 0.25) is 0 Å². The third-order valence-corrected chi connectivity index (χ3v) is 4.37. The fourth-order valence-electron chi connectivity index (χ4n) is 2.70. The molecule has 108 valence electrons. The second kappa shape index (κ2) is 5.28. The summed E-state index contributed by atoms with van der Waals surface area (Å²) in [6, 6.07) is 11.1. The summed E-state index contributed by atoms with van der Waals surface area (Å²) in [5, 5.41) is 0.0921. The first-order valence-electron chi connectivity index (χ1n) is 6.64. The van der Waals surface area contributed by atoms with E-state index in [-0.39, 0.29) is 11.1 Å². The highest BCUT2D eigenvalue weighted by Crippen LogP contribution is 2.29. The maximum Gasteiger partial charge on any atom is 0.178 e. The molecule has 1 heterocycles. The molecule has 1 aromatic heterocycles. The number of H-pyrrole nitrogens is 1. The van der Waals surface area contributed by atoms with Crippen LogP contribution in [0.2, 0.25) is 5.02 Å². The molecule has 0 saturated carbocycles. The van der Waals surface area contributed by atoms with Gasteiger partial charge in [0.05, 0.1) is 22.1 Å². The van der Waals surface area contributed by atoms with Crippen LogP contribution in [0.1, 0.15) is 24.1 Å². The van der Waals surface area contributed by atoms with Gasteiger partial charge in [-0.25, -0.2) is 4.39 Å². The number of nitrogens with one attached hydrogen (secondary N) is 1. The molecule has 0 fully saturated rings. The molecule has 0 aliphatic rings. The van der Waals surface area contributed by atoms with E-state index in [1.165, 1.54) is 11.6 Å². The number of hydrogen-bond donors (Lipinski definition) is 1. The van der Waals surface area contributed by atoms with Crippen molar-refractivity contribution in [3.8, 4) is 0 Å². The fraction of sp³-hybridized carbons (Fsp3) is 0.188. The highest BCUT2D eigenvalue weighted by atomic mass is 35.5. The van der Waals surface area contributed by atoms with E-state index >= 15 is 0 Å². The summed E-state index contributed by atoms with van der Waals surface area (Å²) in [6.07, 6.45) is 0. The maximum atomic E-state index is 13.8. The van der Waals surface area contributed by atoms with Crippen molar-refractivity contribution in [2.24, 2.45) is 0 Å². The molecule has 0 spiro atoms. The van der Waals surface area contributed by atoms with E-state index in [1.807, 2.05) is 16.7 Å². The molecule has 0 radical (unpaired) electrons. The molecule has 1 unspecified atom stereocenters. The number of aromatic nitrogens is 2. The van der Waals surface area contributed by atoms with Gasteiger partial charge in [0.15, 0.2) is 4.77 Å². The SMILES string of the molecule is Cc1ccccc1C(C)n1c(=S)[nH]c2cc(Cl)c(F)cc21. The minimum absolute atomic E-state index is 0.00743. The van der Waals surface area contributed by atoms with E-state index in [4.69, 9.17) is 23.8 Å². The van der Waals surface area contributed by atoms with Gasteiger partial charge in [-0.2, -0.15) is 0 Å². The van der Waals surface area contributed by atoms with Crippen LogP contribution in [0.5, 0.6) is 0 Å². The Hall–Kier alpha value is -1.65. The number of fused-ring (bicyclic) bond motifs is 1. The molecule has 21 heavy (non-hydrogen) atoms. The zero-order valence-corrected chi connectivity index (χ0v) is 13.2. The predicted octanol–water partition coefficient (Wildman–Crippen LogP) is 5.41. The molecule has 0 amide bonds. The molecule has 0 bridgehead atoms. The van der Waals surface area contributed by atoms with E-state index < -0.39 is 5.82 Å². The van der Waals surface area contributed by atoms with Gasteiger partial charge in [-0.3, -0.25) is 0 Å². The fourth-order valence-corrected chi connectivity index (χ4v) is 3.23. The van der Waals surface area contributed by atoms with Crippen LogP contribution in [0.4, 0.5) is 4.39 Å². The van der Waals surface area contributed by atoms with Gasteiger partial charge in [-0.15, -0.1) is 0 Å². The Bertz CT molecular complexity index is 882. The zero-order chi connectivity index (χ0) is 15.1. The third-order valence-electron chi connectivity index (χ3n) is 3.78. The average Bonchev–Trinajstić information content (AvgIpc) is 2.74. The molecule has 2 nitrogen and oxygen atoms in total. The van der Waals surface area contributed by atoms with Crippen molar-refractivity contribution in [3.63, 3.8) is 0 Å². The van der Waals surface area contributed by atoms with Crippen LogP contribution in [-0.2, 0) is 0 Å².